The average molecular weight is 532 g/mol. The normalized spacial score (nSPS) is 13.5. The van der Waals surface area contributed by atoms with Crippen molar-refractivity contribution in [3.05, 3.63) is 69.7 Å². The number of rotatable bonds is 10. The molecule has 2 N–H and O–H groups in total. The van der Waals surface area contributed by atoms with Crippen LogP contribution in [0.4, 0.5) is 10.1 Å². The maximum atomic E-state index is 13.6. The molecule has 3 aromatic rings. The summed E-state index contributed by atoms with van der Waals surface area (Å²) in [5, 5.41) is 18.6. The Bertz CT molecular complexity index is 1450. The van der Waals surface area contributed by atoms with Gasteiger partial charge in [-0.2, -0.15) is 9.78 Å². The van der Waals surface area contributed by atoms with Gasteiger partial charge in [-0.15, -0.1) is 0 Å². The molecule has 1 fully saturated rings. The molecule has 1 aromatic heterocycles. The molecule has 1 heterocycles. The van der Waals surface area contributed by atoms with Crippen molar-refractivity contribution in [2.24, 2.45) is 5.92 Å². The van der Waals surface area contributed by atoms with Gasteiger partial charge in [0.15, 0.2) is 5.69 Å². The molecular formula is C24H26FN5O6S. The average Bonchev–Trinajstić information content (AvgIpc) is 3.60. The monoisotopic (exact) mass is 531 g/mol. The van der Waals surface area contributed by atoms with Crippen LogP contribution in [0.15, 0.2) is 47.4 Å². The number of carbonyl (C=O) groups excluding carboxylic acids is 1. The molecule has 0 radical (unpaired) electrons. The fraction of sp³-hybridized carbons (Fsp3) is 0.333. The Balaban J connectivity index is 1.82. The highest BCUT2D eigenvalue weighted by molar-refractivity contribution is 7.89. The van der Waals surface area contributed by atoms with Crippen molar-refractivity contribution >= 4 is 21.6 Å². The van der Waals surface area contributed by atoms with E-state index < -0.39 is 37.3 Å². The van der Waals surface area contributed by atoms with Crippen molar-refractivity contribution in [1.82, 2.24) is 19.8 Å². The summed E-state index contributed by atoms with van der Waals surface area (Å²) in [6, 6.07) is 8.52. The summed E-state index contributed by atoms with van der Waals surface area (Å²) in [6.45, 7) is 5.31. The number of nitrogens with one attached hydrogen (secondary N) is 2. The summed E-state index contributed by atoms with van der Waals surface area (Å²) >= 11 is 0. The second kappa shape index (κ2) is 10.3. The zero-order chi connectivity index (χ0) is 26.9. The lowest BCUT2D eigenvalue weighted by atomic mass is 10.2. The van der Waals surface area contributed by atoms with Crippen LogP contribution < -0.4 is 14.8 Å². The van der Waals surface area contributed by atoms with Gasteiger partial charge < -0.3 is 10.1 Å². The number of hydrogen-bond donors (Lipinski definition) is 2. The van der Waals surface area contributed by atoms with Crippen molar-refractivity contribution in [2.75, 3.05) is 6.54 Å². The van der Waals surface area contributed by atoms with Crippen molar-refractivity contribution in [1.29, 1.82) is 0 Å². The fourth-order valence-corrected chi connectivity index (χ4v) is 4.78. The van der Waals surface area contributed by atoms with Crippen LogP contribution in [-0.2, 0) is 10.0 Å². The molecule has 0 atom stereocenters. The van der Waals surface area contributed by atoms with E-state index in [1.165, 1.54) is 35.0 Å². The van der Waals surface area contributed by atoms with Crippen LogP contribution in [-0.4, -0.2) is 41.6 Å². The number of non-ortho nitro benzene ring substituents is 1. The summed E-state index contributed by atoms with van der Waals surface area (Å²) in [5.41, 5.74) is 0.273. The number of halogens is 1. The predicted octanol–water partition coefficient (Wildman–Crippen LogP) is 3.85. The molecule has 2 aromatic carbocycles. The second-order valence-electron chi connectivity index (χ2n) is 9.15. The number of nitro groups is 1. The van der Waals surface area contributed by atoms with Gasteiger partial charge in [-0.25, -0.2) is 17.5 Å². The molecule has 0 aliphatic heterocycles. The van der Waals surface area contributed by atoms with E-state index in [1.54, 1.807) is 6.92 Å². The molecule has 0 unspecified atom stereocenters. The molecule has 1 amide bonds. The van der Waals surface area contributed by atoms with E-state index in [0.29, 0.717) is 11.3 Å². The molecule has 0 spiro atoms. The van der Waals surface area contributed by atoms with Crippen LogP contribution in [0.2, 0.25) is 0 Å². The van der Waals surface area contributed by atoms with Crippen molar-refractivity contribution in [3.63, 3.8) is 0 Å². The van der Waals surface area contributed by atoms with Crippen LogP contribution in [0.3, 0.4) is 0 Å². The Morgan fingerprint density at radius 2 is 1.92 bits per heavy atom. The molecule has 4 rings (SSSR count). The van der Waals surface area contributed by atoms with E-state index in [-0.39, 0.29) is 35.8 Å². The third-order valence-electron chi connectivity index (χ3n) is 5.58. The number of hydrogen-bond acceptors (Lipinski definition) is 7. The number of carbonyl (C=O) groups is 1. The van der Waals surface area contributed by atoms with Crippen LogP contribution in [0.1, 0.15) is 42.7 Å². The molecule has 1 aliphatic rings. The number of nitrogens with zero attached hydrogens (tertiary/aromatic N) is 3. The molecule has 1 saturated carbocycles. The number of aromatic nitrogens is 2. The first-order chi connectivity index (χ1) is 17.5. The van der Waals surface area contributed by atoms with E-state index in [9.17, 15) is 27.7 Å². The molecule has 1 aliphatic carbocycles. The highest BCUT2D eigenvalue weighted by Gasteiger charge is 2.30. The van der Waals surface area contributed by atoms with E-state index >= 15 is 0 Å². The lowest BCUT2D eigenvalue weighted by Crippen LogP contribution is -2.28. The topological polar surface area (TPSA) is 145 Å². The van der Waals surface area contributed by atoms with Crippen molar-refractivity contribution in [2.45, 2.75) is 44.6 Å². The quantitative estimate of drug-likeness (QED) is 0.298. The van der Waals surface area contributed by atoms with Gasteiger partial charge in [0.25, 0.3) is 11.6 Å². The van der Waals surface area contributed by atoms with Gasteiger partial charge in [-0.05, 0) is 56.0 Å². The maximum Gasteiger partial charge on any atom is 0.272 e. The summed E-state index contributed by atoms with van der Waals surface area (Å²) < 4.78 is 49.5. The van der Waals surface area contributed by atoms with E-state index in [0.717, 1.165) is 25.0 Å². The first-order valence-corrected chi connectivity index (χ1v) is 13.1. The van der Waals surface area contributed by atoms with Gasteiger partial charge in [-0.3, -0.25) is 14.9 Å². The van der Waals surface area contributed by atoms with Gasteiger partial charge in [-0.1, -0.05) is 13.8 Å². The molecule has 196 valence electrons. The van der Waals surface area contributed by atoms with E-state index in [4.69, 9.17) is 4.74 Å². The van der Waals surface area contributed by atoms with E-state index in [1.807, 2.05) is 13.8 Å². The third kappa shape index (κ3) is 5.94. The number of benzene rings is 2. The summed E-state index contributed by atoms with van der Waals surface area (Å²) in [4.78, 5) is 23.0. The van der Waals surface area contributed by atoms with Crippen molar-refractivity contribution < 1.29 is 27.3 Å². The fourth-order valence-electron chi connectivity index (χ4n) is 3.42. The summed E-state index contributed by atoms with van der Waals surface area (Å²) in [6.07, 6.45) is 1.72. The van der Waals surface area contributed by atoms with Crippen molar-refractivity contribution in [3.8, 4) is 17.3 Å². The van der Waals surface area contributed by atoms with Gasteiger partial charge >= 0.3 is 0 Å². The van der Waals surface area contributed by atoms with Crippen LogP contribution >= 0.6 is 0 Å². The molecule has 11 nitrogen and oxygen atoms in total. The minimum absolute atomic E-state index is 0.00159. The van der Waals surface area contributed by atoms with Gasteiger partial charge in [0.05, 0.1) is 10.6 Å². The molecule has 0 saturated heterocycles. The number of nitro benzene ring substituents is 1. The third-order valence-corrected chi connectivity index (χ3v) is 7.03. The zero-order valence-electron chi connectivity index (χ0n) is 20.4. The second-order valence-corrected chi connectivity index (χ2v) is 10.9. The summed E-state index contributed by atoms with van der Waals surface area (Å²) in [5.74, 6) is -1.14. The minimum Gasteiger partial charge on any atom is -0.437 e. The van der Waals surface area contributed by atoms with E-state index in [2.05, 4.69) is 15.1 Å². The van der Waals surface area contributed by atoms with Gasteiger partial charge in [0.1, 0.15) is 16.5 Å². The van der Waals surface area contributed by atoms with Crippen LogP contribution in [0, 0.1) is 28.8 Å². The maximum absolute atomic E-state index is 13.6. The lowest BCUT2D eigenvalue weighted by Gasteiger charge is -2.15. The first kappa shape index (κ1) is 26.2. The Labute approximate surface area is 212 Å². The largest absolute Gasteiger partial charge is 0.437 e. The smallest absolute Gasteiger partial charge is 0.272 e. The lowest BCUT2D eigenvalue weighted by molar-refractivity contribution is -0.385. The summed E-state index contributed by atoms with van der Waals surface area (Å²) in [7, 11) is -4.21. The standard InChI is InChI=1S/C24H26FN5O6S/c1-14(2)13-26-37(34,35)21-12-19(30(32)33)10-11-20(21)36-24-15(3)22(23(31)27-17-6-7-17)28-29(24)18-8-4-16(25)5-9-18/h4-5,8-12,14,17,26H,6-7,13H2,1-3H3,(H,27,31). The molecule has 0 bridgehead atoms. The minimum atomic E-state index is -4.21. The van der Waals surface area contributed by atoms with Gasteiger partial charge in [0, 0.05) is 30.3 Å². The highest BCUT2D eigenvalue weighted by atomic mass is 32.2. The molecule has 37 heavy (non-hydrogen) atoms. The highest BCUT2D eigenvalue weighted by Crippen LogP contribution is 2.36. The number of ether oxygens (including phenoxy) is 1. The molecular weight excluding hydrogens is 505 g/mol. The Hall–Kier alpha value is -3.84. The van der Waals surface area contributed by atoms with Gasteiger partial charge in [0.2, 0.25) is 15.9 Å². The Morgan fingerprint density at radius 1 is 1.24 bits per heavy atom. The number of sulfonamides is 1. The van der Waals surface area contributed by atoms with Crippen LogP contribution in [0.5, 0.6) is 11.6 Å². The SMILES string of the molecule is Cc1c(C(=O)NC2CC2)nn(-c2ccc(F)cc2)c1Oc1ccc([N+](=O)[O-])cc1S(=O)(=O)NCC(C)C. The Kier molecular flexibility index (Phi) is 7.28. The Morgan fingerprint density at radius 3 is 2.51 bits per heavy atom. The van der Waals surface area contributed by atoms with Crippen LogP contribution in [0.25, 0.3) is 5.69 Å². The molecule has 13 heteroatoms. The number of amides is 1. The zero-order valence-corrected chi connectivity index (χ0v) is 21.2. The predicted molar refractivity (Wildman–Crippen MR) is 132 cm³/mol. The first-order valence-electron chi connectivity index (χ1n) is 11.6.